The van der Waals surface area contributed by atoms with Gasteiger partial charge in [0.25, 0.3) is 0 Å². The monoisotopic (exact) mass is 457 g/mol. The third kappa shape index (κ3) is 4.94. The van der Waals surface area contributed by atoms with Gasteiger partial charge >= 0.3 is 5.63 Å². The van der Waals surface area contributed by atoms with Crippen molar-refractivity contribution in [2.45, 2.75) is 65.4 Å². The van der Waals surface area contributed by atoms with E-state index in [0.717, 1.165) is 68.6 Å². The average molecular weight is 458 g/mol. The zero-order valence-electron chi connectivity index (χ0n) is 20.3. The maximum Gasteiger partial charge on any atom is 0.336 e. The molecule has 7 heteroatoms. The molecule has 1 saturated heterocycles. The fourth-order valence-corrected chi connectivity index (χ4v) is 4.72. The molecule has 0 atom stereocenters. The normalized spacial score (nSPS) is 18.1. The van der Waals surface area contributed by atoms with Crippen LogP contribution >= 0.6 is 0 Å². The van der Waals surface area contributed by atoms with Crippen molar-refractivity contribution in [3.05, 3.63) is 33.2 Å². The van der Waals surface area contributed by atoms with Gasteiger partial charge in [-0.1, -0.05) is 20.3 Å². The fraction of sp³-hybridized carbons (Fsp3) is 0.615. The summed E-state index contributed by atoms with van der Waals surface area (Å²) in [6.45, 7) is 12.4. The number of nitrogens with zero attached hydrogens (tertiary/aromatic N) is 1. The third-order valence-electron chi connectivity index (χ3n) is 6.50. The number of hydrogen-bond donors (Lipinski definition) is 0. The molecule has 7 nitrogen and oxygen atoms in total. The van der Waals surface area contributed by atoms with Crippen LogP contribution in [0.5, 0.6) is 11.5 Å². The van der Waals surface area contributed by atoms with Crippen molar-refractivity contribution < 1.29 is 23.4 Å². The van der Waals surface area contributed by atoms with E-state index in [4.69, 9.17) is 18.6 Å². The Balaban J connectivity index is 1.87. The van der Waals surface area contributed by atoms with Crippen molar-refractivity contribution in [1.82, 2.24) is 4.90 Å². The predicted octanol–water partition coefficient (Wildman–Crippen LogP) is 4.15. The van der Waals surface area contributed by atoms with E-state index in [0.29, 0.717) is 42.1 Å². The van der Waals surface area contributed by atoms with E-state index < -0.39 is 5.63 Å². The van der Waals surface area contributed by atoms with Crippen LogP contribution in [0.3, 0.4) is 0 Å². The van der Waals surface area contributed by atoms with Crippen LogP contribution in [0.4, 0.5) is 0 Å². The summed E-state index contributed by atoms with van der Waals surface area (Å²) in [6.07, 6.45) is 3.41. The van der Waals surface area contributed by atoms with E-state index in [-0.39, 0.29) is 11.4 Å². The SMILES string of the molecule is CCCc1cc(=O)oc2c(C(=O)CC)c(OCCN3CCOCC3)c3c(c12)OC(C)(C)CC3. The Bertz CT molecular complexity index is 1080. The molecule has 1 aromatic heterocycles. The first-order valence-corrected chi connectivity index (χ1v) is 12.1. The lowest BCUT2D eigenvalue weighted by molar-refractivity contribution is 0.0320. The summed E-state index contributed by atoms with van der Waals surface area (Å²) >= 11 is 0. The highest BCUT2D eigenvalue weighted by Gasteiger charge is 2.35. The molecule has 0 radical (unpaired) electrons. The number of rotatable bonds is 8. The van der Waals surface area contributed by atoms with Gasteiger partial charge in [0, 0.05) is 37.7 Å². The van der Waals surface area contributed by atoms with Crippen molar-refractivity contribution in [2.75, 3.05) is 39.5 Å². The summed E-state index contributed by atoms with van der Waals surface area (Å²) in [5, 5.41) is 0.747. The van der Waals surface area contributed by atoms with Gasteiger partial charge in [-0.05, 0) is 38.7 Å². The predicted molar refractivity (Wildman–Crippen MR) is 127 cm³/mol. The number of aryl methyl sites for hydroxylation is 1. The largest absolute Gasteiger partial charge is 0.491 e. The number of fused-ring (bicyclic) bond motifs is 3. The molecule has 0 saturated carbocycles. The molecule has 180 valence electrons. The van der Waals surface area contributed by atoms with Crippen LogP contribution in [0.25, 0.3) is 11.0 Å². The quantitative estimate of drug-likeness (QED) is 0.435. The molecule has 3 heterocycles. The number of ether oxygens (including phenoxy) is 3. The summed E-state index contributed by atoms with van der Waals surface area (Å²) in [4.78, 5) is 28.0. The van der Waals surface area contributed by atoms with Gasteiger partial charge in [-0.3, -0.25) is 9.69 Å². The summed E-state index contributed by atoms with van der Waals surface area (Å²) < 4.78 is 24.0. The van der Waals surface area contributed by atoms with Gasteiger partial charge < -0.3 is 18.6 Å². The minimum atomic E-state index is -0.453. The second kappa shape index (κ2) is 9.85. The van der Waals surface area contributed by atoms with Crippen molar-refractivity contribution in [3.8, 4) is 11.5 Å². The second-order valence-electron chi connectivity index (χ2n) is 9.50. The molecule has 33 heavy (non-hydrogen) atoms. The van der Waals surface area contributed by atoms with Crippen LogP contribution in [0.15, 0.2) is 15.3 Å². The van der Waals surface area contributed by atoms with Crippen LogP contribution in [-0.4, -0.2) is 55.7 Å². The molecule has 2 aliphatic rings. The number of benzene rings is 1. The molecule has 0 bridgehead atoms. The van der Waals surface area contributed by atoms with Crippen LogP contribution in [0.1, 0.15) is 68.4 Å². The first-order valence-electron chi connectivity index (χ1n) is 12.1. The second-order valence-corrected chi connectivity index (χ2v) is 9.50. The number of morpholine rings is 1. The van der Waals surface area contributed by atoms with E-state index in [1.807, 2.05) is 6.92 Å². The first-order chi connectivity index (χ1) is 15.8. The van der Waals surface area contributed by atoms with Crippen molar-refractivity contribution in [2.24, 2.45) is 0 Å². The fourth-order valence-electron chi connectivity index (χ4n) is 4.72. The summed E-state index contributed by atoms with van der Waals surface area (Å²) in [5.74, 6) is 1.12. The van der Waals surface area contributed by atoms with Gasteiger partial charge in [-0.2, -0.15) is 0 Å². The number of hydrogen-bond acceptors (Lipinski definition) is 7. The topological polar surface area (TPSA) is 78.2 Å². The van der Waals surface area contributed by atoms with E-state index in [9.17, 15) is 9.59 Å². The lowest BCUT2D eigenvalue weighted by Crippen LogP contribution is -2.39. The Morgan fingerprint density at radius 2 is 1.97 bits per heavy atom. The highest BCUT2D eigenvalue weighted by Crippen LogP contribution is 2.47. The van der Waals surface area contributed by atoms with Crippen molar-refractivity contribution in [3.63, 3.8) is 0 Å². The van der Waals surface area contributed by atoms with E-state index in [2.05, 4.69) is 25.7 Å². The Kier molecular flexibility index (Phi) is 7.10. The lowest BCUT2D eigenvalue weighted by atomic mass is 9.88. The Morgan fingerprint density at radius 1 is 1.21 bits per heavy atom. The minimum Gasteiger partial charge on any atom is -0.491 e. The summed E-state index contributed by atoms with van der Waals surface area (Å²) in [5.41, 5.74) is 1.64. The zero-order chi connectivity index (χ0) is 23.6. The third-order valence-corrected chi connectivity index (χ3v) is 6.50. The maximum atomic E-state index is 13.2. The molecule has 0 aliphatic carbocycles. The standard InChI is InChI=1S/C26H35NO6/c1-5-7-17-16-20(29)32-25-21(17)24-18(8-9-26(3,4)33-24)23(22(25)19(28)6-2)31-15-12-27-10-13-30-14-11-27/h16H,5-15H2,1-4H3. The maximum absolute atomic E-state index is 13.2. The van der Waals surface area contributed by atoms with Gasteiger partial charge in [0.2, 0.25) is 0 Å². The number of carbonyl (C=O) groups is 1. The molecule has 0 amide bonds. The number of Topliss-reactive ketones (excluding diaryl/α,β-unsaturated/α-hetero) is 1. The Hall–Kier alpha value is -2.38. The summed E-state index contributed by atoms with van der Waals surface area (Å²) in [7, 11) is 0. The molecule has 2 aliphatic heterocycles. The Labute approximate surface area is 195 Å². The van der Waals surface area contributed by atoms with Gasteiger partial charge in [0.15, 0.2) is 11.4 Å². The molecule has 4 rings (SSSR count). The smallest absolute Gasteiger partial charge is 0.336 e. The van der Waals surface area contributed by atoms with E-state index in [1.54, 1.807) is 0 Å². The molecule has 0 N–H and O–H groups in total. The van der Waals surface area contributed by atoms with Gasteiger partial charge in [0.1, 0.15) is 29.3 Å². The molecule has 1 fully saturated rings. The van der Waals surface area contributed by atoms with Crippen LogP contribution < -0.4 is 15.1 Å². The molecule has 1 aromatic carbocycles. The molecular weight excluding hydrogens is 422 g/mol. The number of carbonyl (C=O) groups excluding carboxylic acids is 1. The van der Waals surface area contributed by atoms with Gasteiger partial charge in [-0.25, -0.2) is 4.79 Å². The number of ketones is 1. The minimum absolute atomic E-state index is 0.0918. The Morgan fingerprint density at radius 3 is 2.67 bits per heavy atom. The van der Waals surface area contributed by atoms with Gasteiger partial charge in [0.05, 0.1) is 18.6 Å². The first kappa shape index (κ1) is 23.8. The molecule has 0 unspecified atom stereocenters. The molecular formula is C26H35NO6. The van der Waals surface area contributed by atoms with Crippen LogP contribution in [-0.2, 0) is 17.6 Å². The van der Waals surface area contributed by atoms with Crippen molar-refractivity contribution in [1.29, 1.82) is 0 Å². The van der Waals surface area contributed by atoms with E-state index >= 15 is 0 Å². The van der Waals surface area contributed by atoms with Crippen LogP contribution in [0.2, 0.25) is 0 Å². The zero-order valence-corrected chi connectivity index (χ0v) is 20.3. The average Bonchev–Trinajstić information content (AvgIpc) is 2.78. The highest BCUT2D eigenvalue weighted by molar-refractivity contribution is 6.11. The van der Waals surface area contributed by atoms with E-state index in [1.165, 1.54) is 6.07 Å². The molecule has 0 spiro atoms. The van der Waals surface area contributed by atoms with Crippen molar-refractivity contribution >= 4 is 16.8 Å². The highest BCUT2D eigenvalue weighted by atomic mass is 16.5. The summed E-state index contributed by atoms with van der Waals surface area (Å²) in [6, 6.07) is 1.54. The molecule has 2 aromatic rings. The van der Waals surface area contributed by atoms with Gasteiger partial charge in [-0.15, -0.1) is 0 Å². The van der Waals surface area contributed by atoms with Crippen LogP contribution in [0, 0.1) is 0 Å². The lowest BCUT2D eigenvalue weighted by Gasteiger charge is -2.35.